The lowest BCUT2D eigenvalue weighted by Crippen LogP contribution is -2.28. The Hall–Kier alpha value is -1.39. The fourth-order valence-electron chi connectivity index (χ4n) is 2.51. The maximum atomic E-state index is 5.72. The van der Waals surface area contributed by atoms with Crippen molar-refractivity contribution in [1.29, 1.82) is 0 Å². The first-order chi connectivity index (χ1) is 9.42. The van der Waals surface area contributed by atoms with E-state index in [-0.39, 0.29) is 12.4 Å². The van der Waals surface area contributed by atoms with E-state index in [0.29, 0.717) is 5.88 Å². The summed E-state index contributed by atoms with van der Waals surface area (Å²) in [5.74, 6) is 1.42. The Bertz CT molecular complexity index is 543. The van der Waals surface area contributed by atoms with E-state index in [1.54, 1.807) is 6.20 Å². The third-order valence-corrected chi connectivity index (χ3v) is 3.66. The molecule has 1 fully saturated rings. The quantitative estimate of drug-likeness (QED) is 0.942. The van der Waals surface area contributed by atoms with Crippen LogP contribution in [0.4, 0.5) is 0 Å². The van der Waals surface area contributed by atoms with Gasteiger partial charge >= 0.3 is 0 Å². The van der Waals surface area contributed by atoms with Gasteiger partial charge in [0, 0.05) is 0 Å². The monoisotopic (exact) mass is 293 g/mol. The third-order valence-electron chi connectivity index (χ3n) is 3.66. The number of rotatable bonds is 4. The van der Waals surface area contributed by atoms with Crippen molar-refractivity contribution in [3.8, 4) is 5.88 Å². The predicted molar refractivity (Wildman–Crippen MR) is 82.5 cm³/mol. The summed E-state index contributed by atoms with van der Waals surface area (Å²) in [6.07, 6.45) is 5.33. The second-order valence-corrected chi connectivity index (χ2v) is 5.03. The lowest BCUT2D eigenvalue weighted by atomic mass is 9.95. The maximum absolute atomic E-state index is 5.72. The van der Waals surface area contributed by atoms with Gasteiger partial charge in [-0.05, 0) is 50.4 Å². The molecule has 0 bridgehead atoms. The molecule has 1 aliphatic rings. The van der Waals surface area contributed by atoms with Gasteiger partial charge in [0.2, 0.25) is 5.88 Å². The van der Waals surface area contributed by atoms with E-state index in [0.717, 1.165) is 43.1 Å². The predicted octanol–water partition coefficient (Wildman–Crippen LogP) is 2.82. The van der Waals surface area contributed by atoms with Crippen molar-refractivity contribution in [3.63, 3.8) is 0 Å². The van der Waals surface area contributed by atoms with Crippen molar-refractivity contribution in [2.45, 2.75) is 19.3 Å². The standard InChI is InChI=1S/C15H19N3O.ClH/c1-2-4-14-13(3-1)17-11-15(18-14)19-10-7-12-5-8-16-9-6-12;/h1-4,11-12,16H,5-10H2;1H. The summed E-state index contributed by atoms with van der Waals surface area (Å²) < 4.78 is 5.72. The van der Waals surface area contributed by atoms with Gasteiger partial charge in [0.15, 0.2) is 0 Å². The van der Waals surface area contributed by atoms with Crippen LogP contribution in [0.25, 0.3) is 11.0 Å². The number of fused-ring (bicyclic) bond motifs is 1. The smallest absolute Gasteiger partial charge is 0.232 e. The summed E-state index contributed by atoms with van der Waals surface area (Å²) in [5, 5.41) is 3.38. The second kappa shape index (κ2) is 7.41. The minimum atomic E-state index is 0. The molecule has 0 spiro atoms. The molecule has 0 atom stereocenters. The lowest BCUT2D eigenvalue weighted by molar-refractivity contribution is 0.245. The Labute approximate surface area is 125 Å². The molecule has 1 aromatic carbocycles. The van der Waals surface area contributed by atoms with E-state index in [4.69, 9.17) is 4.74 Å². The molecule has 108 valence electrons. The van der Waals surface area contributed by atoms with Crippen LogP contribution in [0.15, 0.2) is 30.5 Å². The van der Waals surface area contributed by atoms with Crippen LogP contribution in [0.1, 0.15) is 19.3 Å². The van der Waals surface area contributed by atoms with Crippen LogP contribution in [0, 0.1) is 5.92 Å². The third kappa shape index (κ3) is 3.81. The van der Waals surface area contributed by atoms with Gasteiger partial charge in [-0.3, -0.25) is 0 Å². The Balaban J connectivity index is 0.00000147. The van der Waals surface area contributed by atoms with Crippen molar-refractivity contribution >= 4 is 23.4 Å². The molecule has 0 aliphatic carbocycles. The number of piperidine rings is 1. The number of hydrogen-bond donors (Lipinski definition) is 1. The second-order valence-electron chi connectivity index (χ2n) is 5.03. The highest BCUT2D eigenvalue weighted by Gasteiger charge is 2.12. The molecule has 1 N–H and O–H groups in total. The first kappa shape index (κ1) is 15.0. The summed E-state index contributed by atoms with van der Waals surface area (Å²) in [5.41, 5.74) is 1.80. The van der Waals surface area contributed by atoms with Gasteiger partial charge in [-0.15, -0.1) is 12.4 Å². The van der Waals surface area contributed by atoms with Gasteiger partial charge in [-0.1, -0.05) is 12.1 Å². The summed E-state index contributed by atoms with van der Waals surface area (Å²) in [6, 6.07) is 7.85. The van der Waals surface area contributed by atoms with Crippen LogP contribution in [0.5, 0.6) is 5.88 Å². The summed E-state index contributed by atoms with van der Waals surface area (Å²) in [4.78, 5) is 8.81. The molecular weight excluding hydrogens is 274 g/mol. The van der Waals surface area contributed by atoms with Gasteiger partial charge in [0.05, 0.1) is 23.8 Å². The van der Waals surface area contributed by atoms with Gasteiger partial charge in [0.1, 0.15) is 0 Å². The molecule has 5 heteroatoms. The molecule has 2 aromatic rings. The molecule has 4 nitrogen and oxygen atoms in total. The average molecular weight is 294 g/mol. The fraction of sp³-hybridized carbons (Fsp3) is 0.467. The van der Waals surface area contributed by atoms with Gasteiger partial charge in [0.25, 0.3) is 0 Å². The van der Waals surface area contributed by atoms with Gasteiger partial charge in [-0.2, -0.15) is 0 Å². The van der Waals surface area contributed by atoms with Crippen molar-refractivity contribution in [2.24, 2.45) is 5.92 Å². The van der Waals surface area contributed by atoms with Gasteiger partial charge < -0.3 is 10.1 Å². The summed E-state index contributed by atoms with van der Waals surface area (Å²) >= 11 is 0. The largest absolute Gasteiger partial charge is 0.477 e. The number of benzene rings is 1. The van der Waals surface area contributed by atoms with Crippen molar-refractivity contribution < 1.29 is 4.74 Å². The van der Waals surface area contributed by atoms with Crippen LogP contribution in [-0.4, -0.2) is 29.7 Å². The summed E-state index contributed by atoms with van der Waals surface area (Å²) in [6.45, 7) is 3.01. The molecule has 0 amide bonds. The Kier molecular flexibility index (Phi) is 5.56. The number of para-hydroxylation sites is 2. The number of ether oxygens (including phenoxy) is 1. The van der Waals surface area contributed by atoms with E-state index in [1.807, 2.05) is 24.3 Å². The molecule has 0 radical (unpaired) electrons. The Morgan fingerprint density at radius 3 is 2.70 bits per heavy atom. The Morgan fingerprint density at radius 1 is 1.15 bits per heavy atom. The fourth-order valence-corrected chi connectivity index (χ4v) is 2.51. The molecule has 1 saturated heterocycles. The van der Waals surface area contributed by atoms with E-state index < -0.39 is 0 Å². The average Bonchev–Trinajstić information content (AvgIpc) is 2.48. The minimum absolute atomic E-state index is 0. The number of hydrogen-bond acceptors (Lipinski definition) is 4. The van der Waals surface area contributed by atoms with Gasteiger partial charge in [-0.25, -0.2) is 9.97 Å². The zero-order valence-electron chi connectivity index (χ0n) is 11.4. The molecular formula is C15H20ClN3O. The van der Waals surface area contributed by atoms with Crippen LogP contribution < -0.4 is 10.1 Å². The highest BCUT2D eigenvalue weighted by Crippen LogP contribution is 2.17. The number of nitrogens with zero attached hydrogens (tertiary/aromatic N) is 2. The Morgan fingerprint density at radius 2 is 1.90 bits per heavy atom. The highest BCUT2D eigenvalue weighted by atomic mass is 35.5. The molecule has 3 rings (SSSR count). The van der Waals surface area contributed by atoms with Crippen LogP contribution >= 0.6 is 12.4 Å². The molecule has 0 saturated carbocycles. The van der Waals surface area contributed by atoms with Crippen LogP contribution in [-0.2, 0) is 0 Å². The van der Waals surface area contributed by atoms with Crippen molar-refractivity contribution in [2.75, 3.05) is 19.7 Å². The minimum Gasteiger partial charge on any atom is -0.477 e. The zero-order valence-corrected chi connectivity index (χ0v) is 12.2. The molecule has 0 unspecified atom stereocenters. The van der Waals surface area contributed by atoms with E-state index in [9.17, 15) is 0 Å². The molecule has 2 heterocycles. The van der Waals surface area contributed by atoms with Crippen molar-refractivity contribution in [3.05, 3.63) is 30.5 Å². The van der Waals surface area contributed by atoms with Crippen LogP contribution in [0.3, 0.4) is 0 Å². The number of nitrogens with one attached hydrogen (secondary N) is 1. The topological polar surface area (TPSA) is 47.0 Å². The van der Waals surface area contributed by atoms with E-state index in [2.05, 4.69) is 15.3 Å². The van der Waals surface area contributed by atoms with Crippen molar-refractivity contribution in [1.82, 2.24) is 15.3 Å². The first-order valence-electron chi connectivity index (χ1n) is 6.97. The summed E-state index contributed by atoms with van der Waals surface area (Å²) in [7, 11) is 0. The number of halogens is 1. The first-order valence-corrected chi connectivity index (χ1v) is 6.97. The molecule has 20 heavy (non-hydrogen) atoms. The highest BCUT2D eigenvalue weighted by molar-refractivity contribution is 5.85. The zero-order chi connectivity index (χ0) is 12.9. The van der Waals surface area contributed by atoms with E-state index >= 15 is 0 Å². The maximum Gasteiger partial charge on any atom is 0.232 e. The van der Waals surface area contributed by atoms with Crippen LogP contribution in [0.2, 0.25) is 0 Å². The molecule has 1 aliphatic heterocycles. The SMILES string of the molecule is Cl.c1ccc2nc(OCCC3CCNCC3)cnc2c1. The normalized spacial score (nSPS) is 15.8. The van der Waals surface area contributed by atoms with E-state index in [1.165, 1.54) is 12.8 Å². The lowest BCUT2D eigenvalue weighted by Gasteiger charge is -2.22. The number of aromatic nitrogens is 2. The molecule has 1 aromatic heterocycles.